The SMILES string of the molecule is CC(=O)N[C@@H]1[C@@H](OC(C)=O)[C@H]([C@@H](COC(C)=O)OC(C)=O)O[C@H]1O. The van der Waals surface area contributed by atoms with Gasteiger partial charge >= 0.3 is 17.9 Å². The molecule has 10 nitrogen and oxygen atoms in total. The van der Waals surface area contributed by atoms with Gasteiger partial charge in [0.05, 0.1) is 0 Å². The Morgan fingerprint density at radius 3 is 2.17 bits per heavy atom. The van der Waals surface area contributed by atoms with Gasteiger partial charge in [-0.05, 0) is 0 Å². The molecule has 136 valence electrons. The van der Waals surface area contributed by atoms with Crippen LogP contribution in [0.2, 0.25) is 0 Å². The monoisotopic (exact) mass is 347 g/mol. The fourth-order valence-corrected chi connectivity index (χ4v) is 2.32. The average molecular weight is 347 g/mol. The molecule has 0 spiro atoms. The van der Waals surface area contributed by atoms with Crippen molar-refractivity contribution in [1.82, 2.24) is 5.32 Å². The highest BCUT2D eigenvalue weighted by molar-refractivity contribution is 5.73. The van der Waals surface area contributed by atoms with Crippen LogP contribution in [0, 0.1) is 0 Å². The Kier molecular flexibility index (Phi) is 7.11. The molecule has 1 saturated heterocycles. The minimum atomic E-state index is -1.50. The molecule has 5 atom stereocenters. The van der Waals surface area contributed by atoms with Crippen LogP contribution in [0.3, 0.4) is 0 Å². The molecular formula is C14H21NO9. The van der Waals surface area contributed by atoms with E-state index in [1.807, 2.05) is 0 Å². The highest BCUT2D eigenvalue weighted by Crippen LogP contribution is 2.27. The second-order valence-electron chi connectivity index (χ2n) is 5.24. The van der Waals surface area contributed by atoms with Crippen molar-refractivity contribution in [1.29, 1.82) is 0 Å². The zero-order valence-corrected chi connectivity index (χ0v) is 13.8. The van der Waals surface area contributed by atoms with Gasteiger partial charge in [-0.3, -0.25) is 19.2 Å². The molecule has 1 aliphatic rings. The predicted molar refractivity (Wildman–Crippen MR) is 76.2 cm³/mol. The lowest BCUT2D eigenvalue weighted by atomic mass is 10.0. The van der Waals surface area contributed by atoms with E-state index in [0.717, 1.165) is 13.8 Å². The van der Waals surface area contributed by atoms with Crippen LogP contribution in [0.1, 0.15) is 27.7 Å². The van der Waals surface area contributed by atoms with Gasteiger partial charge in [0.2, 0.25) is 5.91 Å². The molecule has 0 unspecified atom stereocenters. The molecule has 1 fully saturated rings. The van der Waals surface area contributed by atoms with Gasteiger partial charge in [0.15, 0.2) is 18.5 Å². The van der Waals surface area contributed by atoms with Gasteiger partial charge < -0.3 is 29.4 Å². The highest BCUT2D eigenvalue weighted by Gasteiger charge is 2.51. The van der Waals surface area contributed by atoms with E-state index in [1.54, 1.807) is 0 Å². The van der Waals surface area contributed by atoms with E-state index in [-0.39, 0.29) is 6.61 Å². The molecule has 0 aromatic rings. The van der Waals surface area contributed by atoms with Crippen LogP contribution >= 0.6 is 0 Å². The zero-order chi connectivity index (χ0) is 18.4. The lowest BCUT2D eigenvalue weighted by Crippen LogP contribution is -2.51. The first-order chi connectivity index (χ1) is 11.1. The van der Waals surface area contributed by atoms with E-state index < -0.39 is 54.5 Å². The third-order valence-corrected chi connectivity index (χ3v) is 3.09. The molecule has 0 aliphatic carbocycles. The van der Waals surface area contributed by atoms with E-state index in [9.17, 15) is 24.3 Å². The number of rotatable bonds is 6. The summed E-state index contributed by atoms with van der Waals surface area (Å²) in [6, 6.07) is -1.06. The number of carbonyl (C=O) groups excluding carboxylic acids is 4. The van der Waals surface area contributed by atoms with E-state index in [0.29, 0.717) is 0 Å². The molecule has 1 aliphatic heterocycles. The molecular weight excluding hydrogens is 326 g/mol. The second kappa shape index (κ2) is 8.60. The maximum absolute atomic E-state index is 11.3. The van der Waals surface area contributed by atoms with Crippen LogP contribution in [-0.2, 0) is 38.1 Å². The summed E-state index contributed by atoms with van der Waals surface area (Å²) >= 11 is 0. The quantitative estimate of drug-likeness (QED) is 0.440. The van der Waals surface area contributed by atoms with E-state index >= 15 is 0 Å². The van der Waals surface area contributed by atoms with Crippen molar-refractivity contribution in [2.24, 2.45) is 0 Å². The number of aliphatic hydroxyl groups is 1. The Labute approximate surface area is 138 Å². The predicted octanol–water partition coefficient (Wildman–Crippen LogP) is -1.37. The number of hydrogen-bond donors (Lipinski definition) is 2. The van der Waals surface area contributed by atoms with Gasteiger partial charge in [0.25, 0.3) is 0 Å². The number of aliphatic hydroxyl groups excluding tert-OH is 1. The number of esters is 3. The van der Waals surface area contributed by atoms with Crippen molar-refractivity contribution in [2.45, 2.75) is 58.3 Å². The Bertz CT molecular complexity index is 506. The summed E-state index contributed by atoms with van der Waals surface area (Å²) in [6.45, 7) is 4.29. The molecule has 0 aromatic heterocycles. The second-order valence-corrected chi connectivity index (χ2v) is 5.24. The van der Waals surface area contributed by atoms with E-state index in [4.69, 9.17) is 18.9 Å². The first-order valence-electron chi connectivity index (χ1n) is 7.20. The Hall–Kier alpha value is -2.20. The van der Waals surface area contributed by atoms with Crippen molar-refractivity contribution < 1.29 is 43.2 Å². The smallest absolute Gasteiger partial charge is 0.303 e. The van der Waals surface area contributed by atoms with Crippen molar-refractivity contribution >= 4 is 23.8 Å². The van der Waals surface area contributed by atoms with E-state index in [1.165, 1.54) is 13.8 Å². The van der Waals surface area contributed by atoms with Gasteiger partial charge in [-0.25, -0.2) is 0 Å². The lowest BCUT2D eigenvalue weighted by Gasteiger charge is -2.27. The molecule has 0 bridgehead atoms. The number of nitrogens with one attached hydrogen (secondary N) is 1. The molecule has 1 heterocycles. The van der Waals surface area contributed by atoms with Gasteiger partial charge in [-0.15, -0.1) is 0 Å². The minimum Gasteiger partial charge on any atom is -0.462 e. The molecule has 2 N–H and O–H groups in total. The van der Waals surface area contributed by atoms with Gasteiger partial charge in [-0.1, -0.05) is 0 Å². The van der Waals surface area contributed by atoms with Crippen LogP contribution in [0.15, 0.2) is 0 Å². The Balaban J connectivity index is 3.03. The first kappa shape index (κ1) is 19.8. The van der Waals surface area contributed by atoms with Gasteiger partial charge in [0.1, 0.15) is 18.8 Å². The summed E-state index contributed by atoms with van der Waals surface area (Å²) in [5.74, 6) is -2.47. The number of carbonyl (C=O) groups is 4. The maximum Gasteiger partial charge on any atom is 0.303 e. The summed E-state index contributed by atoms with van der Waals surface area (Å²) < 4.78 is 20.2. The lowest BCUT2D eigenvalue weighted by molar-refractivity contribution is -0.182. The van der Waals surface area contributed by atoms with Crippen LogP contribution in [0.4, 0.5) is 0 Å². The molecule has 10 heteroatoms. The largest absolute Gasteiger partial charge is 0.462 e. The summed E-state index contributed by atoms with van der Waals surface area (Å²) in [4.78, 5) is 44.9. The Morgan fingerprint density at radius 1 is 1.08 bits per heavy atom. The number of hydrogen-bond acceptors (Lipinski definition) is 9. The molecule has 0 radical (unpaired) electrons. The third-order valence-electron chi connectivity index (χ3n) is 3.09. The summed E-state index contributed by atoms with van der Waals surface area (Å²) in [6.07, 6.45) is -4.91. The average Bonchev–Trinajstić information content (AvgIpc) is 2.70. The molecule has 1 rings (SSSR count). The summed E-state index contributed by atoms with van der Waals surface area (Å²) in [5.41, 5.74) is 0. The highest BCUT2D eigenvalue weighted by atomic mass is 16.7. The van der Waals surface area contributed by atoms with Crippen molar-refractivity contribution in [3.05, 3.63) is 0 Å². The van der Waals surface area contributed by atoms with E-state index in [2.05, 4.69) is 5.32 Å². The number of ether oxygens (including phenoxy) is 4. The van der Waals surface area contributed by atoms with Crippen LogP contribution < -0.4 is 5.32 Å². The molecule has 0 aromatic carbocycles. The number of amides is 1. The maximum atomic E-state index is 11.3. The van der Waals surface area contributed by atoms with Crippen LogP contribution in [0.5, 0.6) is 0 Å². The fourth-order valence-electron chi connectivity index (χ4n) is 2.32. The summed E-state index contributed by atoms with van der Waals surface area (Å²) in [5, 5.41) is 12.4. The standard InChI is InChI=1S/C14H21NO9/c1-6(16)15-11-13(23-9(4)19)12(24-14(11)20)10(22-8(3)18)5-21-7(2)17/h10-14,20H,5H2,1-4H3,(H,15,16)/t10-,11-,12+,13-,14-/m1/s1. The normalized spacial score (nSPS) is 27.0. The first-order valence-corrected chi connectivity index (χ1v) is 7.20. The minimum absolute atomic E-state index is 0.364. The Morgan fingerprint density at radius 2 is 1.71 bits per heavy atom. The topological polar surface area (TPSA) is 137 Å². The van der Waals surface area contributed by atoms with Crippen molar-refractivity contribution in [2.75, 3.05) is 6.61 Å². The zero-order valence-electron chi connectivity index (χ0n) is 13.8. The third kappa shape index (κ3) is 5.78. The van der Waals surface area contributed by atoms with Gasteiger partial charge in [0, 0.05) is 27.7 Å². The molecule has 1 amide bonds. The van der Waals surface area contributed by atoms with Crippen LogP contribution in [-0.4, -0.2) is 66.2 Å². The van der Waals surface area contributed by atoms with Gasteiger partial charge in [-0.2, -0.15) is 0 Å². The summed E-state index contributed by atoms with van der Waals surface area (Å²) in [7, 11) is 0. The molecule has 0 saturated carbocycles. The van der Waals surface area contributed by atoms with Crippen molar-refractivity contribution in [3.8, 4) is 0 Å². The fraction of sp³-hybridized carbons (Fsp3) is 0.714. The van der Waals surface area contributed by atoms with Crippen LogP contribution in [0.25, 0.3) is 0 Å². The molecule has 24 heavy (non-hydrogen) atoms. The van der Waals surface area contributed by atoms with Crippen molar-refractivity contribution in [3.63, 3.8) is 0 Å².